The average Bonchev–Trinajstić information content (AvgIpc) is 3.79. The maximum absolute atomic E-state index is 16.0. The average molecular weight is 591 g/mol. The molecule has 9 heteroatoms. The molecule has 1 aliphatic carbocycles. The first-order valence-corrected chi connectivity index (χ1v) is 15.8. The molecule has 5 aliphatic rings. The number of nitrogens with one attached hydrogen (secondary N) is 1. The Kier molecular flexibility index (Phi) is 8.01. The van der Waals surface area contributed by atoms with Crippen LogP contribution in [0.15, 0.2) is 42.4 Å². The molecule has 1 saturated carbocycles. The van der Waals surface area contributed by atoms with Crippen LogP contribution in [0.5, 0.6) is 0 Å². The number of allylic oxidation sites excluding steroid dienone is 1. The van der Waals surface area contributed by atoms with Crippen molar-refractivity contribution < 1.29 is 13.2 Å². The van der Waals surface area contributed by atoms with Crippen molar-refractivity contribution in [1.82, 2.24) is 14.9 Å². The Hall–Kier alpha value is -3.38. The van der Waals surface area contributed by atoms with E-state index in [2.05, 4.69) is 44.7 Å². The first-order valence-electron chi connectivity index (χ1n) is 15.8. The van der Waals surface area contributed by atoms with Crippen molar-refractivity contribution in [3.8, 4) is 6.07 Å². The van der Waals surface area contributed by atoms with Crippen molar-refractivity contribution >= 4 is 17.7 Å². The van der Waals surface area contributed by atoms with Gasteiger partial charge in [-0.2, -0.15) is 5.26 Å². The van der Waals surface area contributed by atoms with Gasteiger partial charge in [-0.1, -0.05) is 44.0 Å². The number of aromatic nitrogens is 2. The Morgan fingerprint density at radius 3 is 2.49 bits per heavy atom. The zero-order chi connectivity index (χ0) is 30.4. The van der Waals surface area contributed by atoms with Gasteiger partial charge in [0, 0.05) is 23.2 Å². The lowest BCUT2D eigenvalue weighted by Crippen LogP contribution is -2.40. The Bertz CT molecular complexity index is 1450. The van der Waals surface area contributed by atoms with Crippen LogP contribution in [0.25, 0.3) is 6.08 Å². The second-order valence-electron chi connectivity index (χ2n) is 12.9. The molecule has 6 nitrogen and oxygen atoms in total. The molecule has 1 N–H and O–H groups in total. The van der Waals surface area contributed by atoms with E-state index in [0.29, 0.717) is 43.1 Å². The summed E-state index contributed by atoms with van der Waals surface area (Å²) in [5, 5.41) is 13.4. The minimum Gasteiger partial charge on any atom is -0.363 e. The summed E-state index contributed by atoms with van der Waals surface area (Å²) in [5.41, 5.74) is 1.42. The van der Waals surface area contributed by atoms with Gasteiger partial charge in [0.05, 0.1) is 28.7 Å². The first-order chi connectivity index (χ1) is 20.7. The van der Waals surface area contributed by atoms with Gasteiger partial charge in [-0.15, -0.1) is 0 Å². The highest BCUT2D eigenvalue weighted by molar-refractivity contribution is 5.84. The highest BCUT2D eigenvalue weighted by Gasteiger charge is 2.50. The third-order valence-electron chi connectivity index (χ3n) is 10.1. The van der Waals surface area contributed by atoms with Gasteiger partial charge in [-0.05, 0) is 83.7 Å². The van der Waals surface area contributed by atoms with Crippen LogP contribution in [0.4, 0.5) is 24.8 Å². The molecule has 7 rings (SSSR count). The molecule has 2 aromatic rings. The Morgan fingerprint density at radius 2 is 1.77 bits per heavy atom. The smallest absolute Gasteiger partial charge is 0.278 e. The van der Waals surface area contributed by atoms with Gasteiger partial charge in [0.15, 0.2) is 0 Å². The van der Waals surface area contributed by atoms with Crippen molar-refractivity contribution in [2.45, 2.75) is 89.6 Å². The van der Waals surface area contributed by atoms with E-state index in [1.54, 1.807) is 13.0 Å². The summed E-state index contributed by atoms with van der Waals surface area (Å²) in [7, 11) is 0. The predicted octanol–water partition coefficient (Wildman–Crippen LogP) is 7.97. The van der Waals surface area contributed by atoms with E-state index in [9.17, 15) is 5.26 Å². The maximum atomic E-state index is 16.0. The summed E-state index contributed by atoms with van der Waals surface area (Å²) in [4.78, 5) is 13.6. The number of anilines is 2. The minimum absolute atomic E-state index is 0.0918. The van der Waals surface area contributed by atoms with Gasteiger partial charge in [-0.25, -0.2) is 23.1 Å². The van der Waals surface area contributed by atoms with Crippen LogP contribution >= 0.6 is 0 Å². The van der Waals surface area contributed by atoms with E-state index in [1.807, 2.05) is 6.08 Å². The molecule has 2 fully saturated rings. The SMILES string of the molecule is C=C1C(C2(C#N)CC2)=Cc2c3ncnc2N1C(C)CCCCCCN1CCC(CC1)C(F)(F)c1cccc(c1F)[C@@H](C)N3. The summed E-state index contributed by atoms with van der Waals surface area (Å²) >= 11 is 0. The Labute approximate surface area is 252 Å². The van der Waals surface area contributed by atoms with Gasteiger partial charge >= 0.3 is 0 Å². The molecule has 2 atom stereocenters. The van der Waals surface area contributed by atoms with Crippen LogP contribution in [-0.2, 0) is 5.92 Å². The lowest BCUT2D eigenvalue weighted by Gasteiger charge is -2.38. The van der Waals surface area contributed by atoms with E-state index in [4.69, 9.17) is 0 Å². The van der Waals surface area contributed by atoms with E-state index >= 15 is 13.2 Å². The summed E-state index contributed by atoms with van der Waals surface area (Å²) in [5.74, 6) is -3.86. The fourth-order valence-electron chi connectivity index (χ4n) is 7.19. The van der Waals surface area contributed by atoms with Crippen LogP contribution in [0.2, 0.25) is 0 Å². The third kappa shape index (κ3) is 5.43. The van der Waals surface area contributed by atoms with E-state index < -0.39 is 34.7 Å². The van der Waals surface area contributed by atoms with Crippen LogP contribution in [0.1, 0.15) is 94.4 Å². The van der Waals surface area contributed by atoms with Crippen LogP contribution < -0.4 is 10.2 Å². The molecule has 0 radical (unpaired) electrons. The normalized spacial score (nSPS) is 28.6. The molecule has 0 spiro atoms. The minimum atomic E-state index is -3.26. The molecular formula is C34H41F3N6. The fraction of sp³-hybridized carbons (Fsp3) is 0.559. The molecule has 0 amide bonds. The number of piperidine rings is 1. The molecule has 43 heavy (non-hydrogen) atoms. The van der Waals surface area contributed by atoms with Gasteiger partial charge in [0.2, 0.25) is 0 Å². The summed E-state index contributed by atoms with van der Waals surface area (Å²) in [6.07, 6.45) is 10.8. The number of benzene rings is 1. The van der Waals surface area contributed by atoms with Gasteiger partial charge in [0.25, 0.3) is 5.92 Å². The number of hydrogen-bond acceptors (Lipinski definition) is 6. The first kappa shape index (κ1) is 29.7. The lowest BCUT2D eigenvalue weighted by atomic mass is 9.85. The number of alkyl halides is 2. The number of hydrogen-bond donors (Lipinski definition) is 1. The van der Waals surface area contributed by atoms with E-state index in [0.717, 1.165) is 62.8 Å². The molecule has 228 valence electrons. The van der Waals surface area contributed by atoms with Crippen LogP contribution in [-0.4, -0.2) is 40.5 Å². The van der Waals surface area contributed by atoms with Crippen molar-refractivity contribution in [1.29, 1.82) is 5.26 Å². The molecule has 1 aromatic heterocycles. The maximum Gasteiger partial charge on any atom is 0.278 e. The molecular weight excluding hydrogens is 549 g/mol. The lowest BCUT2D eigenvalue weighted by molar-refractivity contribution is -0.0880. The number of nitriles is 1. The standard InChI is InChI=1S/C34H41F3N6/c1-22-9-6-4-5-7-16-42-17-12-25(13-18-42)34(36,37)28-11-8-10-26(30(28)35)23(2)41-31-27-19-29(33(20-38)14-15-33)24(3)43(22)32(27)40-21-39-31/h8,10-11,19,21-23,25H,3-7,9,12-18H2,1-2H3,(H,39,40,41)/t22?,23-/m1/s1. The number of rotatable bonds is 1. The largest absolute Gasteiger partial charge is 0.363 e. The molecule has 1 aromatic carbocycles. The van der Waals surface area contributed by atoms with Gasteiger partial charge in [0.1, 0.15) is 23.8 Å². The van der Waals surface area contributed by atoms with Crippen LogP contribution in [0.3, 0.4) is 0 Å². The number of fused-ring (bicyclic) bond motifs is 9. The van der Waals surface area contributed by atoms with Gasteiger partial charge in [-0.3, -0.25) is 0 Å². The summed E-state index contributed by atoms with van der Waals surface area (Å²) in [6, 6.07) is 6.27. The van der Waals surface area contributed by atoms with Crippen molar-refractivity contribution in [2.75, 3.05) is 29.9 Å². The number of halogens is 3. The quantitative estimate of drug-likeness (QED) is 0.363. The predicted molar refractivity (Wildman–Crippen MR) is 163 cm³/mol. The van der Waals surface area contributed by atoms with E-state index in [1.165, 1.54) is 18.5 Å². The van der Waals surface area contributed by atoms with E-state index in [-0.39, 0.29) is 11.6 Å². The molecule has 4 aliphatic heterocycles. The van der Waals surface area contributed by atoms with Crippen molar-refractivity contribution in [2.24, 2.45) is 11.3 Å². The molecule has 1 saturated heterocycles. The number of nitrogens with zero attached hydrogens (tertiary/aromatic N) is 5. The highest BCUT2D eigenvalue weighted by Crippen LogP contribution is 2.57. The molecule has 5 heterocycles. The zero-order valence-electron chi connectivity index (χ0n) is 25.2. The Balaban J connectivity index is 1.41. The third-order valence-corrected chi connectivity index (χ3v) is 10.1. The highest BCUT2D eigenvalue weighted by atomic mass is 19.3. The van der Waals surface area contributed by atoms with Crippen LogP contribution in [0, 0.1) is 28.5 Å². The van der Waals surface area contributed by atoms with Crippen molar-refractivity contribution in [3.05, 3.63) is 64.9 Å². The fourth-order valence-corrected chi connectivity index (χ4v) is 7.19. The molecule has 8 bridgehead atoms. The second-order valence-corrected chi connectivity index (χ2v) is 12.9. The topological polar surface area (TPSA) is 68.1 Å². The van der Waals surface area contributed by atoms with Gasteiger partial charge < -0.3 is 15.1 Å². The Morgan fingerprint density at radius 1 is 1.02 bits per heavy atom. The monoisotopic (exact) mass is 590 g/mol. The molecule has 1 unspecified atom stereocenters. The summed E-state index contributed by atoms with van der Waals surface area (Å²) < 4.78 is 47.7. The van der Waals surface area contributed by atoms with Crippen molar-refractivity contribution in [3.63, 3.8) is 0 Å². The summed E-state index contributed by atoms with van der Waals surface area (Å²) in [6.45, 7) is 10.5. The second kappa shape index (κ2) is 11.6. The zero-order valence-corrected chi connectivity index (χ0v) is 25.2.